The maximum absolute atomic E-state index is 14.0. The number of carbonyl (C=O) groups is 4. The summed E-state index contributed by atoms with van der Waals surface area (Å²) in [4.78, 5) is 66.3. The Morgan fingerprint density at radius 2 is 1.60 bits per heavy atom. The highest BCUT2D eigenvalue weighted by molar-refractivity contribution is 7.81. The Balaban J connectivity index is 0.831. The summed E-state index contributed by atoms with van der Waals surface area (Å²) < 4.78 is 17.0. The van der Waals surface area contributed by atoms with Crippen molar-refractivity contribution >= 4 is 58.0 Å². The molecule has 0 saturated carbocycles. The Kier molecular flexibility index (Phi) is 15.1. The van der Waals surface area contributed by atoms with Crippen LogP contribution in [0.4, 0.5) is 17.1 Å². The molecule has 4 amide bonds. The van der Waals surface area contributed by atoms with E-state index in [-0.39, 0.29) is 37.9 Å². The largest absolute Gasteiger partial charge is 0.494 e. The predicted octanol–water partition coefficient (Wildman–Crippen LogP) is 7.77. The van der Waals surface area contributed by atoms with E-state index in [9.17, 15) is 24.3 Å². The molecule has 3 heterocycles. The fraction of sp³-hybridized carbons (Fsp3) is 0.365. The van der Waals surface area contributed by atoms with E-state index in [0.717, 1.165) is 33.5 Å². The first-order chi connectivity index (χ1) is 32.5. The number of amides is 4. The lowest BCUT2D eigenvalue weighted by molar-refractivity contribution is -0.144. The molecule has 68 heavy (non-hydrogen) atoms. The minimum Gasteiger partial charge on any atom is -0.494 e. The number of aromatic nitrogens is 1. The molecule has 15 nitrogen and oxygen atoms in total. The number of hydrogen-bond donors (Lipinski definition) is 3. The summed E-state index contributed by atoms with van der Waals surface area (Å²) in [5.74, 6) is -0.0958. The van der Waals surface area contributed by atoms with Crippen molar-refractivity contribution in [3.63, 3.8) is 0 Å². The average Bonchev–Trinajstić information content (AvgIpc) is 4.04. The molecule has 2 saturated heterocycles. The van der Waals surface area contributed by atoms with Crippen LogP contribution < -0.4 is 25.2 Å². The molecule has 2 aliphatic rings. The smallest absolute Gasteiger partial charge is 0.259 e. The number of anilines is 2. The van der Waals surface area contributed by atoms with Crippen LogP contribution >= 0.6 is 12.2 Å². The molecule has 2 fully saturated rings. The molecular formula is C52H57N7O8S. The molecule has 0 aliphatic carbocycles. The molecule has 0 bridgehead atoms. The number of oxazole rings is 1. The second-order valence-electron chi connectivity index (χ2n) is 18.6. The number of hydrogen-bond acceptors (Lipinski definition) is 10. The van der Waals surface area contributed by atoms with Gasteiger partial charge in [0.15, 0.2) is 23.0 Å². The molecule has 7 rings (SSSR count). The molecule has 0 spiro atoms. The van der Waals surface area contributed by atoms with E-state index < -0.39 is 41.0 Å². The highest BCUT2D eigenvalue weighted by Crippen LogP contribution is 2.38. The van der Waals surface area contributed by atoms with Crippen molar-refractivity contribution in [1.82, 2.24) is 20.5 Å². The zero-order chi connectivity index (χ0) is 48.8. The van der Waals surface area contributed by atoms with Crippen LogP contribution in [-0.2, 0) is 30.5 Å². The van der Waals surface area contributed by atoms with Crippen molar-refractivity contribution in [1.29, 1.82) is 0 Å². The first kappa shape index (κ1) is 49.0. The van der Waals surface area contributed by atoms with Gasteiger partial charge in [-0.1, -0.05) is 75.4 Å². The van der Waals surface area contributed by atoms with Crippen molar-refractivity contribution in [3.05, 3.63) is 126 Å². The van der Waals surface area contributed by atoms with E-state index >= 15 is 0 Å². The fourth-order valence-corrected chi connectivity index (χ4v) is 8.87. The van der Waals surface area contributed by atoms with Gasteiger partial charge in [-0.2, -0.15) is 0 Å². The average molecular weight is 940 g/mol. The van der Waals surface area contributed by atoms with E-state index in [4.69, 9.17) is 32.7 Å². The van der Waals surface area contributed by atoms with Crippen molar-refractivity contribution in [2.75, 3.05) is 36.2 Å². The summed E-state index contributed by atoms with van der Waals surface area (Å²) in [7, 11) is 0. The van der Waals surface area contributed by atoms with Gasteiger partial charge in [0.1, 0.15) is 30.0 Å². The Morgan fingerprint density at radius 3 is 2.24 bits per heavy atom. The zero-order valence-electron chi connectivity index (χ0n) is 39.2. The third-order valence-corrected chi connectivity index (χ3v) is 12.5. The number of carbonyl (C=O) groups excluding carboxylic acids is 4. The third-order valence-electron chi connectivity index (χ3n) is 12.1. The van der Waals surface area contributed by atoms with Crippen molar-refractivity contribution in [2.45, 2.75) is 91.1 Å². The molecule has 5 aromatic rings. The fourth-order valence-electron chi connectivity index (χ4n) is 8.34. The highest BCUT2D eigenvalue weighted by atomic mass is 32.1. The number of nitrogens with one attached hydrogen (secondary N) is 2. The van der Waals surface area contributed by atoms with Gasteiger partial charge < -0.3 is 39.4 Å². The minimum atomic E-state index is -0.964. The number of nitrogens with zero attached hydrogens (tertiary/aromatic N) is 5. The molecule has 1 aromatic heterocycles. The number of aliphatic hydroxyl groups is 1. The maximum Gasteiger partial charge on any atom is 0.259 e. The van der Waals surface area contributed by atoms with Crippen LogP contribution in [0, 0.1) is 18.9 Å². The normalized spacial score (nSPS) is 17.2. The first-order valence-electron chi connectivity index (χ1n) is 22.6. The van der Waals surface area contributed by atoms with Crippen LogP contribution in [0.3, 0.4) is 0 Å². The number of likely N-dealkylation sites (tertiary alicyclic amines) is 1. The number of aliphatic hydroxyl groups excluding tert-OH is 1. The number of β-amino-alcohol motifs (C(OH)–C–C–N with tert-alkyl or cyclic N) is 1. The first-order valence-corrected chi connectivity index (χ1v) is 23.0. The molecular weight excluding hydrogens is 883 g/mol. The van der Waals surface area contributed by atoms with E-state index in [1.807, 2.05) is 125 Å². The molecule has 0 radical (unpaired) electrons. The molecule has 16 heteroatoms. The van der Waals surface area contributed by atoms with Gasteiger partial charge in [0.25, 0.3) is 5.91 Å². The van der Waals surface area contributed by atoms with Crippen LogP contribution in [0.15, 0.2) is 108 Å². The molecule has 3 N–H and O–H groups in total. The maximum atomic E-state index is 14.0. The molecule has 354 valence electrons. The van der Waals surface area contributed by atoms with Gasteiger partial charge >= 0.3 is 0 Å². The third kappa shape index (κ3) is 11.1. The van der Waals surface area contributed by atoms with E-state index in [1.54, 1.807) is 23.2 Å². The van der Waals surface area contributed by atoms with Crippen molar-refractivity contribution in [3.8, 4) is 28.2 Å². The number of rotatable bonds is 17. The van der Waals surface area contributed by atoms with Gasteiger partial charge in [0.05, 0.1) is 25.5 Å². The lowest BCUT2D eigenvalue weighted by atomic mass is 9.85. The second-order valence-corrected chi connectivity index (χ2v) is 19.0. The minimum absolute atomic E-state index is 0.0238. The van der Waals surface area contributed by atoms with Crippen LogP contribution in [0.25, 0.3) is 27.3 Å². The Hall–Kier alpha value is -6.93. The second kappa shape index (κ2) is 20.9. The summed E-state index contributed by atoms with van der Waals surface area (Å²) >= 11 is 5.86. The number of aryl methyl sites for hydroxylation is 1. The van der Waals surface area contributed by atoms with Gasteiger partial charge in [0, 0.05) is 43.1 Å². The number of ether oxygens (including phenoxy) is 2. The number of thiocarbonyl (C=S) groups is 1. The lowest BCUT2D eigenvalue weighted by Crippen LogP contribution is -2.58. The van der Waals surface area contributed by atoms with Crippen LogP contribution in [0.5, 0.6) is 5.75 Å². The monoisotopic (exact) mass is 939 g/mol. The molecule has 0 unspecified atom stereocenters. The Bertz CT molecular complexity index is 2660. The van der Waals surface area contributed by atoms with E-state index in [2.05, 4.69) is 20.5 Å². The summed E-state index contributed by atoms with van der Waals surface area (Å²) in [6, 6.07) is 26.6. The van der Waals surface area contributed by atoms with Crippen LogP contribution in [0.1, 0.15) is 65.0 Å². The zero-order valence-corrected chi connectivity index (χ0v) is 40.0. The standard InChI is InChI=1S/C52H57N7O8S/c1-33-26-39(20-23-42(33)53-7)58-49(64)52(5,6)59(50(58)68)38-18-14-35(15-19-38)36-16-21-41(22-17-36)66-25-9-8-24-65-31-45(61)56-46(51(2,3)4)48(63)57-30-40(60)27-43(57)47(62)55-28-34-10-12-37(13-11-34)44-29-54-32-67-44/h10-23,26,29,32,40,43,46,60H,8-9,24-25,27-28,30-31H2,1-6H3,(H,55,62)(H,56,61)/t40-,43+,46-/m1/s1. The van der Waals surface area contributed by atoms with Crippen LogP contribution in [0.2, 0.25) is 0 Å². The van der Waals surface area contributed by atoms with Gasteiger partial charge in [0.2, 0.25) is 17.7 Å². The van der Waals surface area contributed by atoms with Crippen molar-refractivity contribution in [2.24, 2.45) is 5.41 Å². The molecule has 2 aliphatic heterocycles. The van der Waals surface area contributed by atoms with Crippen molar-refractivity contribution < 1.29 is 38.2 Å². The van der Waals surface area contributed by atoms with Gasteiger partial charge in [-0.25, -0.2) is 9.83 Å². The number of unbranched alkanes of at least 4 members (excludes halogenated alkanes) is 1. The summed E-state index contributed by atoms with van der Waals surface area (Å²) in [5.41, 5.74) is 4.78. The van der Waals surface area contributed by atoms with Gasteiger partial charge in [-0.05, 0) is 110 Å². The lowest BCUT2D eigenvalue weighted by Gasteiger charge is -2.35. The molecule has 4 aromatic carbocycles. The van der Waals surface area contributed by atoms with Gasteiger partial charge in [-0.3, -0.25) is 24.1 Å². The summed E-state index contributed by atoms with van der Waals surface area (Å²) in [5, 5.41) is 16.6. The summed E-state index contributed by atoms with van der Waals surface area (Å²) in [6.45, 7) is 19.1. The van der Waals surface area contributed by atoms with E-state index in [0.29, 0.717) is 54.1 Å². The summed E-state index contributed by atoms with van der Waals surface area (Å²) in [6.07, 6.45) is 3.51. The SMILES string of the molecule is [C-]#[N+]c1ccc(N2C(=O)C(C)(C)N(c3ccc(-c4ccc(OCCCCOCC(=O)N[C@H](C(=O)N5C[C@H](O)C[C@H]5C(=O)NCc5ccc(-c6cnco6)cc5)C(C)(C)C)cc4)cc3)C2=S)cc1C. The Morgan fingerprint density at radius 1 is 0.956 bits per heavy atom. The molecule has 3 atom stereocenters. The topological polar surface area (TPSA) is 171 Å². The Labute approximate surface area is 402 Å². The van der Waals surface area contributed by atoms with Gasteiger partial charge in [-0.15, -0.1) is 0 Å². The quantitative estimate of drug-likeness (QED) is 0.0473. The van der Waals surface area contributed by atoms with Crippen LogP contribution in [-0.4, -0.2) is 93.8 Å². The number of benzene rings is 4. The predicted molar refractivity (Wildman–Crippen MR) is 263 cm³/mol. The van der Waals surface area contributed by atoms with E-state index in [1.165, 1.54) is 11.3 Å². The highest BCUT2D eigenvalue weighted by Gasteiger charge is 2.50.